The lowest BCUT2D eigenvalue weighted by atomic mass is 10.1. The fourth-order valence-electron chi connectivity index (χ4n) is 1.68. The van der Waals surface area contributed by atoms with Crippen LogP contribution in [0.1, 0.15) is 13.8 Å². The molecular formula is C14H15ClN2O3S. The fourth-order valence-corrected chi connectivity index (χ4v) is 2.80. The zero-order valence-electron chi connectivity index (χ0n) is 11.9. The van der Waals surface area contributed by atoms with Crippen molar-refractivity contribution in [3.63, 3.8) is 0 Å². The van der Waals surface area contributed by atoms with E-state index in [1.54, 1.807) is 12.1 Å². The van der Waals surface area contributed by atoms with Crippen LogP contribution in [0.5, 0.6) is 0 Å². The van der Waals surface area contributed by atoms with Gasteiger partial charge in [-0.05, 0) is 29.8 Å². The second-order valence-electron chi connectivity index (χ2n) is 4.66. The molecule has 0 radical (unpaired) electrons. The molecule has 2 rings (SSSR count). The molecule has 0 aliphatic rings. The van der Waals surface area contributed by atoms with Crippen molar-refractivity contribution < 1.29 is 13.9 Å². The highest BCUT2D eigenvalue weighted by molar-refractivity contribution is 8.00. The van der Waals surface area contributed by atoms with E-state index in [9.17, 15) is 4.79 Å². The molecule has 0 unspecified atom stereocenters. The molecular weight excluding hydrogens is 312 g/mol. The van der Waals surface area contributed by atoms with Crippen molar-refractivity contribution in [3.05, 3.63) is 29.3 Å². The Bertz CT molecular complexity index is 630. The third-order valence-electron chi connectivity index (χ3n) is 2.78. The third kappa shape index (κ3) is 3.77. The van der Waals surface area contributed by atoms with Gasteiger partial charge in [0.1, 0.15) is 5.25 Å². The van der Waals surface area contributed by atoms with E-state index >= 15 is 0 Å². The summed E-state index contributed by atoms with van der Waals surface area (Å²) in [5.74, 6) is 0.0982. The summed E-state index contributed by atoms with van der Waals surface area (Å²) in [4.78, 5) is 11.7. The van der Waals surface area contributed by atoms with Crippen LogP contribution >= 0.6 is 23.4 Å². The highest BCUT2D eigenvalue weighted by atomic mass is 35.5. The van der Waals surface area contributed by atoms with Crippen LogP contribution in [-0.2, 0) is 9.53 Å². The molecule has 0 aliphatic heterocycles. The van der Waals surface area contributed by atoms with Crippen LogP contribution in [0.15, 0.2) is 33.9 Å². The number of hydrogen-bond donors (Lipinski definition) is 0. The summed E-state index contributed by atoms with van der Waals surface area (Å²) < 4.78 is 10.4. The van der Waals surface area contributed by atoms with Crippen molar-refractivity contribution >= 4 is 29.3 Å². The molecule has 0 aliphatic carbocycles. The van der Waals surface area contributed by atoms with E-state index in [4.69, 9.17) is 20.8 Å². The fraction of sp³-hybridized carbons (Fsp3) is 0.357. The van der Waals surface area contributed by atoms with Gasteiger partial charge in [0, 0.05) is 0 Å². The van der Waals surface area contributed by atoms with Crippen LogP contribution in [0.3, 0.4) is 0 Å². The quantitative estimate of drug-likeness (QED) is 0.617. The standard InChI is InChI=1S/C14H15ClN2O3S/c1-8(2)11(13(18)19-3)21-14-17-16-12(20-14)9-6-4-5-7-10(9)15/h4-8,11H,1-3H3/t11-/m0/s1. The van der Waals surface area contributed by atoms with Gasteiger partial charge in [0.15, 0.2) is 0 Å². The Morgan fingerprint density at radius 1 is 1.33 bits per heavy atom. The lowest BCUT2D eigenvalue weighted by Crippen LogP contribution is -2.24. The van der Waals surface area contributed by atoms with Gasteiger partial charge >= 0.3 is 5.97 Å². The van der Waals surface area contributed by atoms with E-state index in [2.05, 4.69) is 10.2 Å². The van der Waals surface area contributed by atoms with Crippen molar-refractivity contribution in [2.24, 2.45) is 5.92 Å². The van der Waals surface area contributed by atoms with Gasteiger partial charge in [-0.25, -0.2) is 0 Å². The number of ether oxygens (including phenoxy) is 1. The largest absolute Gasteiger partial charge is 0.468 e. The van der Waals surface area contributed by atoms with Crippen LogP contribution in [0.4, 0.5) is 0 Å². The van der Waals surface area contributed by atoms with E-state index in [1.165, 1.54) is 18.9 Å². The molecule has 0 fully saturated rings. The number of rotatable bonds is 5. The van der Waals surface area contributed by atoms with Crippen molar-refractivity contribution in [2.45, 2.75) is 24.3 Å². The van der Waals surface area contributed by atoms with E-state index < -0.39 is 5.25 Å². The summed E-state index contributed by atoms with van der Waals surface area (Å²) in [6, 6.07) is 7.21. The van der Waals surface area contributed by atoms with Crippen LogP contribution < -0.4 is 0 Å². The number of benzene rings is 1. The summed E-state index contributed by atoms with van der Waals surface area (Å²) in [6.45, 7) is 3.86. The molecule has 2 aromatic rings. The molecule has 7 heteroatoms. The Balaban J connectivity index is 2.20. The number of carbonyl (C=O) groups is 1. The number of thioether (sulfide) groups is 1. The normalized spacial score (nSPS) is 12.4. The van der Waals surface area contributed by atoms with Crippen LogP contribution in [0, 0.1) is 5.92 Å². The molecule has 0 amide bonds. The zero-order chi connectivity index (χ0) is 15.4. The Morgan fingerprint density at radius 3 is 2.67 bits per heavy atom. The van der Waals surface area contributed by atoms with E-state index in [1.807, 2.05) is 26.0 Å². The van der Waals surface area contributed by atoms with Gasteiger partial charge < -0.3 is 9.15 Å². The molecule has 0 N–H and O–H groups in total. The number of esters is 1. The molecule has 1 atom stereocenters. The summed E-state index contributed by atoms with van der Waals surface area (Å²) in [5, 5.41) is 8.38. The maximum Gasteiger partial charge on any atom is 0.319 e. The van der Waals surface area contributed by atoms with Crippen molar-refractivity contribution in [1.82, 2.24) is 10.2 Å². The topological polar surface area (TPSA) is 65.2 Å². The van der Waals surface area contributed by atoms with Crippen molar-refractivity contribution in [3.8, 4) is 11.5 Å². The van der Waals surface area contributed by atoms with Crippen LogP contribution in [0.2, 0.25) is 5.02 Å². The van der Waals surface area contributed by atoms with Crippen molar-refractivity contribution in [1.29, 1.82) is 0 Å². The van der Waals surface area contributed by atoms with Crippen LogP contribution in [-0.4, -0.2) is 28.5 Å². The highest BCUT2D eigenvalue weighted by Gasteiger charge is 2.27. The van der Waals surface area contributed by atoms with Gasteiger partial charge in [0.05, 0.1) is 17.7 Å². The minimum absolute atomic E-state index is 0.0816. The van der Waals surface area contributed by atoms with Gasteiger partial charge in [0.2, 0.25) is 5.89 Å². The summed E-state index contributed by atoms with van der Waals surface area (Å²) in [5.41, 5.74) is 0.665. The minimum Gasteiger partial charge on any atom is -0.468 e. The lowest BCUT2D eigenvalue weighted by Gasteiger charge is -2.15. The third-order valence-corrected chi connectivity index (χ3v) is 4.46. The number of aromatic nitrogens is 2. The van der Waals surface area contributed by atoms with Gasteiger partial charge in [-0.3, -0.25) is 4.79 Å². The van der Waals surface area contributed by atoms with Gasteiger partial charge in [-0.2, -0.15) is 0 Å². The second kappa shape index (κ2) is 6.95. The molecule has 1 heterocycles. The first kappa shape index (κ1) is 15.9. The van der Waals surface area contributed by atoms with E-state index in [-0.39, 0.29) is 11.9 Å². The van der Waals surface area contributed by atoms with E-state index in [0.29, 0.717) is 21.7 Å². The monoisotopic (exact) mass is 326 g/mol. The summed E-state index contributed by atoms with van der Waals surface area (Å²) in [6.07, 6.45) is 0. The molecule has 0 spiro atoms. The van der Waals surface area contributed by atoms with Gasteiger partial charge in [-0.15, -0.1) is 10.2 Å². The molecule has 0 saturated carbocycles. The first-order valence-corrected chi connectivity index (χ1v) is 7.61. The molecule has 1 aromatic heterocycles. The first-order chi connectivity index (χ1) is 10.0. The number of methoxy groups -OCH3 is 1. The molecule has 1 aromatic carbocycles. The number of nitrogens with zero attached hydrogens (tertiary/aromatic N) is 2. The average Bonchev–Trinajstić information content (AvgIpc) is 2.92. The summed E-state index contributed by atoms with van der Waals surface area (Å²) >= 11 is 7.28. The van der Waals surface area contributed by atoms with Gasteiger partial charge in [0.25, 0.3) is 5.22 Å². The number of hydrogen-bond acceptors (Lipinski definition) is 6. The van der Waals surface area contributed by atoms with Crippen molar-refractivity contribution in [2.75, 3.05) is 7.11 Å². The Hall–Kier alpha value is -1.53. The predicted octanol–water partition coefficient (Wildman–Crippen LogP) is 3.68. The predicted molar refractivity (Wildman–Crippen MR) is 81.2 cm³/mol. The zero-order valence-corrected chi connectivity index (χ0v) is 13.4. The van der Waals surface area contributed by atoms with Gasteiger partial charge in [-0.1, -0.05) is 37.6 Å². The summed E-state index contributed by atoms with van der Waals surface area (Å²) in [7, 11) is 1.36. The number of carbonyl (C=O) groups excluding carboxylic acids is 1. The molecule has 0 bridgehead atoms. The second-order valence-corrected chi connectivity index (χ2v) is 6.16. The molecule has 21 heavy (non-hydrogen) atoms. The Morgan fingerprint density at radius 2 is 2.05 bits per heavy atom. The highest BCUT2D eigenvalue weighted by Crippen LogP contribution is 2.32. The lowest BCUT2D eigenvalue weighted by molar-refractivity contribution is -0.140. The Kier molecular flexibility index (Phi) is 5.25. The number of halogens is 1. The first-order valence-electron chi connectivity index (χ1n) is 6.35. The SMILES string of the molecule is COC(=O)[C@@H](Sc1nnc(-c2ccccc2Cl)o1)C(C)C. The van der Waals surface area contributed by atoms with Crippen LogP contribution in [0.25, 0.3) is 11.5 Å². The molecule has 5 nitrogen and oxygen atoms in total. The smallest absolute Gasteiger partial charge is 0.319 e. The van der Waals surface area contributed by atoms with E-state index in [0.717, 1.165) is 0 Å². The maximum absolute atomic E-state index is 11.7. The average molecular weight is 327 g/mol. The molecule has 112 valence electrons. The molecule has 0 saturated heterocycles. The Labute approximate surface area is 132 Å². The maximum atomic E-state index is 11.7. The minimum atomic E-state index is -0.394.